The average molecular weight is 345 g/mol. The van der Waals surface area contributed by atoms with Gasteiger partial charge in [-0.05, 0) is 39.3 Å². The summed E-state index contributed by atoms with van der Waals surface area (Å²) in [4.78, 5) is 2.27. The number of benzene rings is 1. The summed E-state index contributed by atoms with van der Waals surface area (Å²) in [6, 6.07) is 12.7. The van der Waals surface area contributed by atoms with Crippen molar-refractivity contribution in [1.82, 2.24) is 4.57 Å². The molecular formula is C21H19N3S. The maximum Gasteiger partial charge on any atom is 0.101 e. The predicted octanol–water partition coefficient (Wildman–Crippen LogP) is 5.43. The van der Waals surface area contributed by atoms with Gasteiger partial charge in [0.15, 0.2) is 0 Å². The zero-order chi connectivity index (χ0) is 18.3. The SMILES string of the molecule is Cc1sc(C)c(/C(C#N)=C(\C#N)c2c(C)n(C)c3ccccc23)c1C. The molecule has 1 aromatic carbocycles. The van der Waals surface area contributed by atoms with Gasteiger partial charge in [0.05, 0.1) is 11.1 Å². The lowest BCUT2D eigenvalue weighted by molar-refractivity contribution is 0.915. The monoisotopic (exact) mass is 345 g/mol. The average Bonchev–Trinajstić information content (AvgIpc) is 3.00. The fraction of sp³-hybridized carbons (Fsp3) is 0.238. The number of hydrogen-bond donors (Lipinski definition) is 0. The van der Waals surface area contributed by atoms with Crippen molar-refractivity contribution in [3.05, 3.63) is 56.4 Å². The van der Waals surface area contributed by atoms with E-state index in [1.807, 2.05) is 52.1 Å². The summed E-state index contributed by atoms with van der Waals surface area (Å²) in [6.45, 7) is 8.10. The summed E-state index contributed by atoms with van der Waals surface area (Å²) in [5.41, 5.74) is 5.85. The minimum atomic E-state index is 0.459. The number of hydrogen-bond acceptors (Lipinski definition) is 3. The molecule has 0 saturated carbocycles. The van der Waals surface area contributed by atoms with Crippen LogP contribution in [0.25, 0.3) is 22.0 Å². The Labute approximate surface area is 152 Å². The van der Waals surface area contributed by atoms with Crippen LogP contribution in [0.3, 0.4) is 0 Å². The first kappa shape index (κ1) is 17.0. The zero-order valence-electron chi connectivity index (χ0n) is 15.1. The van der Waals surface area contributed by atoms with Crippen LogP contribution >= 0.6 is 11.3 Å². The van der Waals surface area contributed by atoms with E-state index in [-0.39, 0.29) is 0 Å². The molecular weight excluding hydrogens is 326 g/mol. The second-order valence-electron chi connectivity index (χ2n) is 6.22. The number of nitrogens with zero attached hydrogens (tertiary/aromatic N) is 3. The highest BCUT2D eigenvalue weighted by Gasteiger charge is 2.23. The molecule has 3 aromatic rings. The third-order valence-corrected chi connectivity index (χ3v) is 6.06. The summed E-state index contributed by atoms with van der Waals surface area (Å²) in [5.74, 6) is 0. The number of fused-ring (bicyclic) bond motifs is 1. The summed E-state index contributed by atoms with van der Waals surface area (Å²) in [5, 5.41) is 20.9. The fourth-order valence-corrected chi connectivity index (χ4v) is 4.54. The van der Waals surface area contributed by atoms with Crippen molar-refractivity contribution in [3.63, 3.8) is 0 Å². The molecule has 4 heteroatoms. The van der Waals surface area contributed by atoms with Gasteiger partial charge < -0.3 is 4.57 Å². The van der Waals surface area contributed by atoms with E-state index in [1.165, 1.54) is 4.88 Å². The standard InChI is InChI=1S/C21H19N3S/c1-12-14(3)25-15(4)20(12)17(10-22)18(11-23)21-13(2)24(5)19-9-7-6-8-16(19)21/h6-9H,1-5H3/b18-17+. The first-order chi connectivity index (χ1) is 11.9. The Morgan fingerprint density at radius 3 is 2.08 bits per heavy atom. The Balaban J connectivity index is 2.45. The Hall–Kier alpha value is -2.82. The zero-order valence-corrected chi connectivity index (χ0v) is 15.9. The number of thiophene rings is 1. The van der Waals surface area contributed by atoms with E-state index in [0.717, 1.165) is 38.2 Å². The normalized spacial score (nSPS) is 12.0. The fourth-order valence-electron chi connectivity index (χ4n) is 3.47. The van der Waals surface area contributed by atoms with E-state index in [2.05, 4.69) is 23.6 Å². The molecule has 25 heavy (non-hydrogen) atoms. The van der Waals surface area contributed by atoms with Crippen molar-refractivity contribution >= 4 is 33.4 Å². The highest BCUT2D eigenvalue weighted by Crippen LogP contribution is 2.39. The second kappa shape index (κ2) is 6.24. The molecule has 2 aromatic heterocycles. The van der Waals surface area contributed by atoms with Gasteiger partial charge in [0.25, 0.3) is 0 Å². The van der Waals surface area contributed by atoms with Gasteiger partial charge >= 0.3 is 0 Å². The molecule has 0 bridgehead atoms. The molecule has 0 N–H and O–H groups in total. The van der Waals surface area contributed by atoms with Gasteiger partial charge in [-0.25, -0.2) is 0 Å². The molecule has 0 spiro atoms. The van der Waals surface area contributed by atoms with Gasteiger partial charge in [-0.2, -0.15) is 10.5 Å². The Morgan fingerprint density at radius 2 is 1.52 bits per heavy atom. The maximum absolute atomic E-state index is 9.96. The number of aryl methyl sites for hydroxylation is 3. The summed E-state index contributed by atoms with van der Waals surface area (Å²) in [7, 11) is 1.99. The molecule has 0 radical (unpaired) electrons. The maximum atomic E-state index is 9.96. The molecule has 0 unspecified atom stereocenters. The molecule has 3 rings (SSSR count). The third kappa shape index (κ3) is 2.47. The van der Waals surface area contributed by atoms with Crippen molar-refractivity contribution in [1.29, 1.82) is 10.5 Å². The van der Waals surface area contributed by atoms with E-state index in [4.69, 9.17) is 0 Å². The van der Waals surface area contributed by atoms with Crippen LogP contribution in [0.4, 0.5) is 0 Å². The van der Waals surface area contributed by atoms with Crippen LogP contribution in [0.15, 0.2) is 24.3 Å². The smallest absolute Gasteiger partial charge is 0.101 e. The number of para-hydroxylation sites is 1. The minimum absolute atomic E-state index is 0.459. The lowest BCUT2D eigenvalue weighted by Crippen LogP contribution is -1.95. The number of aromatic nitrogens is 1. The van der Waals surface area contributed by atoms with Crippen LogP contribution in [0.5, 0.6) is 0 Å². The molecule has 0 aliphatic rings. The van der Waals surface area contributed by atoms with Crippen LogP contribution < -0.4 is 0 Å². The first-order valence-corrected chi connectivity index (χ1v) is 8.89. The second-order valence-corrected chi connectivity index (χ2v) is 7.65. The highest BCUT2D eigenvalue weighted by atomic mass is 32.1. The third-order valence-electron chi connectivity index (χ3n) is 4.93. The van der Waals surface area contributed by atoms with Crippen LogP contribution in [-0.2, 0) is 7.05 Å². The van der Waals surface area contributed by atoms with Gasteiger partial charge in [0, 0.05) is 44.5 Å². The summed E-state index contributed by atoms with van der Waals surface area (Å²) >= 11 is 1.68. The molecule has 0 fully saturated rings. The van der Waals surface area contributed by atoms with Crippen LogP contribution in [0.1, 0.15) is 32.1 Å². The topological polar surface area (TPSA) is 52.5 Å². The Kier molecular flexibility index (Phi) is 4.25. The van der Waals surface area contributed by atoms with Crippen molar-refractivity contribution < 1.29 is 0 Å². The highest BCUT2D eigenvalue weighted by molar-refractivity contribution is 7.12. The first-order valence-electron chi connectivity index (χ1n) is 8.08. The van der Waals surface area contributed by atoms with Gasteiger partial charge in [-0.3, -0.25) is 0 Å². The molecule has 2 heterocycles. The summed E-state index contributed by atoms with van der Waals surface area (Å²) < 4.78 is 2.08. The predicted molar refractivity (Wildman–Crippen MR) is 104 cm³/mol. The lowest BCUT2D eigenvalue weighted by atomic mass is 9.92. The lowest BCUT2D eigenvalue weighted by Gasteiger charge is -2.07. The molecule has 0 atom stereocenters. The van der Waals surface area contributed by atoms with E-state index in [9.17, 15) is 10.5 Å². The van der Waals surface area contributed by atoms with Gasteiger partial charge in [-0.1, -0.05) is 18.2 Å². The van der Waals surface area contributed by atoms with Crippen LogP contribution in [0, 0.1) is 50.4 Å². The Morgan fingerprint density at radius 1 is 0.920 bits per heavy atom. The quantitative estimate of drug-likeness (QED) is 0.581. The number of allylic oxidation sites excluding steroid dienone is 2. The van der Waals surface area contributed by atoms with Crippen molar-refractivity contribution in [2.24, 2.45) is 7.05 Å². The molecule has 0 aliphatic heterocycles. The van der Waals surface area contributed by atoms with Crippen LogP contribution in [0.2, 0.25) is 0 Å². The van der Waals surface area contributed by atoms with E-state index in [0.29, 0.717) is 11.1 Å². The van der Waals surface area contributed by atoms with Gasteiger partial charge in [0.2, 0.25) is 0 Å². The van der Waals surface area contributed by atoms with E-state index >= 15 is 0 Å². The number of rotatable bonds is 2. The molecule has 124 valence electrons. The van der Waals surface area contributed by atoms with E-state index < -0.39 is 0 Å². The molecule has 3 nitrogen and oxygen atoms in total. The van der Waals surface area contributed by atoms with Crippen LogP contribution in [-0.4, -0.2) is 4.57 Å². The van der Waals surface area contributed by atoms with Gasteiger partial charge in [0.1, 0.15) is 12.1 Å². The number of nitriles is 2. The van der Waals surface area contributed by atoms with E-state index in [1.54, 1.807) is 11.3 Å². The largest absolute Gasteiger partial charge is 0.347 e. The summed E-state index contributed by atoms with van der Waals surface area (Å²) in [6.07, 6.45) is 0. The van der Waals surface area contributed by atoms with Gasteiger partial charge in [-0.15, -0.1) is 11.3 Å². The van der Waals surface area contributed by atoms with Crippen molar-refractivity contribution in [2.75, 3.05) is 0 Å². The van der Waals surface area contributed by atoms with Crippen molar-refractivity contribution in [3.8, 4) is 12.1 Å². The molecule has 0 amide bonds. The Bertz CT molecular complexity index is 1110. The van der Waals surface area contributed by atoms with Crippen molar-refractivity contribution in [2.45, 2.75) is 27.7 Å². The molecule has 0 aliphatic carbocycles. The minimum Gasteiger partial charge on any atom is -0.347 e. The molecule has 0 saturated heterocycles.